The summed E-state index contributed by atoms with van der Waals surface area (Å²) in [5, 5.41) is 14.6. The van der Waals surface area contributed by atoms with Gasteiger partial charge in [0, 0.05) is 24.9 Å². The van der Waals surface area contributed by atoms with Gasteiger partial charge in [-0.2, -0.15) is 10.1 Å². The van der Waals surface area contributed by atoms with Gasteiger partial charge < -0.3 is 20.2 Å². The van der Waals surface area contributed by atoms with Gasteiger partial charge in [0.05, 0.1) is 18.6 Å². The first kappa shape index (κ1) is 41.6. The van der Waals surface area contributed by atoms with E-state index in [-0.39, 0.29) is 71.0 Å². The molecule has 6 atom stereocenters. The summed E-state index contributed by atoms with van der Waals surface area (Å²) in [6.07, 6.45) is 4.28. The van der Waals surface area contributed by atoms with Crippen LogP contribution in [0.2, 0.25) is 0 Å². The largest absolute Gasteiger partial charge is 0.480 e. The van der Waals surface area contributed by atoms with Crippen LogP contribution in [-0.4, -0.2) is 104 Å². The lowest BCUT2D eigenvalue weighted by Crippen LogP contribution is -2.50. The summed E-state index contributed by atoms with van der Waals surface area (Å²) in [4.78, 5) is 85.9. The second-order valence-corrected chi connectivity index (χ2v) is 17.1. The van der Waals surface area contributed by atoms with Crippen LogP contribution in [-0.2, 0) is 42.1 Å². The maximum absolute atomic E-state index is 12.7. The van der Waals surface area contributed by atoms with Crippen LogP contribution >= 0.6 is 0 Å². The Morgan fingerprint density at radius 1 is 0.702 bits per heavy atom. The van der Waals surface area contributed by atoms with E-state index in [4.69, 9.17) is 20.6 Å². The molecule has 2 aliphatic carbocycles. The third kappa shape index (κ3) is 9.74. The first-order valence-electron chi connectivity index (χ1n) is 19.7. The molecule has 5 N–H and O–H groups in total. The maximum Gasteiger partial charge on any atom is 0.345 e. The number of carboxylic acids is 1. The number of urea groups is 2. The Morgan fingerprint density at radius 3 is 1.54 bits per heavy atom. The monoisotopic (exact) mass is 789 g/mol. The highest BCUT2D eigenvalue weighted by Crippen LogP contribution is 2.52. The Labute approximate surface area is 332 Å². The molecular formula is C41H55N7O9. The number of nitrogens with two attached hydrogens (primary N) is 1. The minimum absolute atomic E-state index is 0.0278. The first-order valence-corrected chi connectivity index (χ1v) is 19.7. The molecule has 6 aliphatic rings. The van der Waals surface area contributed by atoms with E-state index in [2.05, 4.69) is 38.4 Å². The molecule has 2 aromatic carbocycles. The molecule has 6 amide bonds. The molecule has 4 aliphatic heterocycles. The van der Waals surface area contributed by atoms with Crippen molar-refractivity contribution in [2.75, 3.05) is 19.6 Å². The van der Waals surface area contributed by atoms with Crippen LogP contribution in [0, 0.1) is 22.7 Å². The van der Waals surface area contributed by atoms with E-state index in [1.54, 1.807) is 4.90 Å². The van der Waals surface area contributed by atoms with Gasteiger partial charge in [-0.1, -0.05) is 88.4 Å². The summed E-state index contributed by atoms with van der Waals surface area (Å²) >= 11 is 0. The van der Waals surface area contributed by atoms with Crippen LogP contribution in [0.3, 0.4) is 0 Å². The van der Waals surface area contributed by atoms with Crippen LogP contribution < -0.4 is 16.6 Å². The molecule has 0 spiro atoms. The number of hydrogen-bond donors (Lipinski definition) is 4. The number of hydroxylamine groups is 4. The molecule has 4 saturated heterocycles. The number of rotatable bonds is 12. The van der Waals surface area contributed by atoms with E-state index in [1.165, 1.54) is 15.0 Å². The second-order valence-electron chi connectivity index (χ2n) is 17.1. The van der Waals surface area contributed by atoms with Crippen molar-refractivity contribution in [2.24, 2.45) is 28.5 Å². The number of amides is 6. The fraction of sp³-hybridized carbons (Fsp3) is 0.561. The Balaban J connectivity index is 0.000000164. The van der Waals surface area contributed by atoms with Gasteiger partial charge in [0.1, 0.15) is 25.3 Å². The van der Waals surface area contributed by atoms with E-state index in [0.29, 0.717) is 52.0 Å². The SMILES string of the molecule is CC1(C)CC1C(=O)CNC(=O)[C@@H]1CC[C@@H]2CN1C(=O)N2OCc1ccccc1.CC1(C)CC1C(=O)NN.O=C(O)[C@@H]1CC[C@@H]2CN1C(=O)N2OCc1ccccc1. The maximum atomic E-state index is 12.7. The second kappa shape index (κ2) is 17.2. The highest BCUT2D eigenvalue weighted by molar-refractivity contribution is 5.93. The molecule has 0 radical (unpaired) electrons. The van der Waals surface area contributed by atoms with E-state index < -0.39 is 18.1 Å². The molecule has 308 valence electrons. The topological polar surface area (TPSA) is 204 Å². The number of ketones is 1. The number of carbonyl (C=O) groups is 6. The number of hydrazine groups is 1. The van der Waals surface area contributed by atoms with E-state index in [1.807, 2.05) is 60.7 Å². The molecule has 2 aromatic rings. The summed E-state index contributed by atoms with van der Waals surface area (Å²) < 4.78 is 0. The van der Waals surface area contributed by atoms with Crippen molar-refractivity contribution >= 4 is 35.6 Å². The number of fused-ring (bicyclic) bond motifs is 4. The number of carboxylic acid groups (broad SMARTS) is 1. The number of piperidine rings is 2. The average molecular weight is 790 g/mol. The molecule has 2 unspecified atom stereocenters. The Morgan fingerprint density at radius 2 is 1.14 bits per heavy atom. The molecule has 2 saturated carbocycles. The summed E-state index contributed by atoms with van der Waals surface area (Å²) in [6, 6.07) is 17.3. The number of carbonyl (C=O) groups excluding carboxylic acids is 5. The third-order valence-electron chi connectivity index (χ3n) is 12.0. The molecule has 16 heteroatoms. The Kier molecular flexibility index (Phi) is 12.5. The van der Waals surface area contributed by atoms with Gasteiger partial charge in [0.2, 0.25) is 11.8 Å². The summed E-state index contributed by atoms with van der Waals surface area (Å²) in [6.45, 7) is 9.84. The fourth-order valence-electron chi connectivity index (χ4n) is 8.01. The Bertz CT molecular complexity index is 1810. The normalized spacial score (nSPS) is 27.0. The molecule has 16 nitrogen and oxygen atoms in total. The minimum Gasteiger partial charge on any atom is -0.480 e. The van der Waals surface area contributed by atoms with Crippen molar-refractivity contribution in [2.45, 2.75) is 104 Å². The third-order valence-corrected chi connectivity index (χ3v) is 12.0. The Hall–Kier alpha value is -5.06. The van der Waals surface area contributed by atoms with Crippen molar-refractivity contribution in [3.05, 3.63) is 71.8 Å². The van der Waals surface area contributed by atoms with Gasteiger partial charge in [0.25, 0.3) is 0 Å². The molecule has 0 aromatic heterocycles. The van der Waals surface area contributed by atoms with Crippen LogP contribution in [0.4, 0.5) is 9.59 Å². The number of hydrogen-bond acceptors (Lipinski definition) is 9. The molecule has 4 bridgehead atoms. The molecule has 4 heterocycles. The zero-order valence-corrected chi connectivity index (χ0v) is 33.1. The van der Waals surface area contributed by atoms with Gasteiger partial charge in [-0.25, -0.2) is 20.2 Å². The fourth-order valence-corrected chi connectivity index (χ4v) is 8.01. The van der Waals surface area contributed by atoms with E-state index in [9.17, 15) is 28.8 Å². The molecule has 57 heavy (non-hydrogen) atoms. The lowest BCUT2D eigenvalue weighted by molar-refractivity contribution is -0.143. The molecular weight excluding hydrogens is 734 g/mol. The van der Waals surface area contributed by atoms with E-state index >= 15 is 0 Å². The molecule has 6 fully saturated rings. The van der Waals surface area contributed by atoms with Crippen molar-refractivity contribution in [1.82, 2.24) is 30.7 Å². The van der Waals surface area contributed by atoms with Crippen molar-refractivity contribution in [1.29, 1.82) is 0 Å². The molecule has 8 rings (SSSR count). The number of nitrogens with zero attached hydrogens (tertiary/aromatic N) is 4. The van der Waals surface area contributed by atoms with Crippen LogP contribution in [0.25, 0.3) is 0 Å². The average Bonchev–Trinajstić information content (AvgIpc) is 4.01. The highest BCUT2D eigenvalue weighted by atomic mass is 16.7. The van der Waals surface area contributed by atoms with Crippen LogP contribution in [0.1, 0.15) is 77.3 Å². The number of nitrogens with one attached hydrogen (secondary N) is 2. The zero-order chi connectivity index (χ0) is 41.1. The number of aliphatic carboxylic acids is 1. The standard InChI is InChI=1S/C21H27N3O4.C14H16N2O4.C6H12N2O/c1-21(2)10-16(21)18(25)11-22-19(26)17-9-8-15-12-23(17)20(27)24(15)28-13-14-6-4-3-5-7-14;17-13(18)12-7-6-11-8-15(12)14(19)16(11)20-9-10-4-2-1-3-5-10;1-6(2)3-4(6)5(9)8-7/h3-7,15-17H,8-13H2,1-2H3,(H,22,26);1-5,11-12H,6-9H2,(H,17,18);4H,3,7H2,1-2H3,(H,8,9)/t15-,16?,17+;11-,12+;/m11./s1. The lowest BCUT2D eigenvalue weighted by Gasteiger charge is -2.29. The van der Waals surface area contributed by atoms with Crippen molar-refractivity contribution < 1.29 is 43.5 Å². The minimum atomic E-state index is -0.943. The lowest BCUT2D eigenvalue weighted by atomic mass is 10.00. The highest BCUT2D eigenvalue weighted by Gasteiger charge is 2.52. The quantitative estimate of drug-likeness (QED) is 0.140. The van der Waals surface area contributed by atoms with Gasteiger partial charge in [-0.3, -0.25) is 29.5 Å². The summed E-state index contributed by atoms with van der Waals surface area (Å²) in [7, 11) is 0. The van der Waals surface area contributed by atoms with E-state index in [0.717, 1.165) is 24.0 Å². The van der Waals surface area contributed by atoms with Crippen molar-refractivity contribution in [3.8, 4) is 0 Å². The number of benzene rings is 2. The smallest absolute Gasteiger partial charge is 0.345 e. The van der Waals surface area contributed by atoms with Gasteiger partial charge in [-0.15, -0.1) is 0 Å². The number of Topliss-reactive ketones (excluding diaryl/α,β-unsaturated/α-hetero) is 1. The predicted molar refractivity (Wildman–Crippen MR) is 206 cm³/mol. The zero-order valence-electron chi connectivity index (χ0n) is 33.1. The van der Waals surface area contributed by atoms with Gasteiger partial charge >= 0.3 is 18.0 Å². The van der Waals surface area contributed by atoms with Gasteiger partial charge in [-0.05, 0) is 60.5 Å². The van der Waals surface area contributed by atoms with Crippen LogP contribution in [0.5, 0.6) is 0 Å². The predicted octanol–water partition coefficient (Wildman–Crippen LogP) is 3.61. The summed E-state index contributed by atoms with van der Waals surface area (Å²) in [5.74, 6) is 3.99. The van der Waals surface area contributed by atoms with Crippen LogP contribution in [0.15, 0.2) is 60.7 Å². The first-order chi connectivity index (χ1) is 27.1. The summed E-state index contributed by atoms with van der Waals surface area (Å²) in [5.41, 5.74) is 4.37. The van der Waals surface area contributed by atoms with Crippen molar-refractivity contribution in [3.63, 3.8) is 0 Å². The van der Waals surface area contributed by atoms with Gasteiger partial charge in [0.15, 0.2) is 5.78 Å².